The molecule has 1 aliphatic carbocycles. The van der Waals surface area contributed by atoms with Crippen LogP contribution >= 0.6 is 23.2 Å². The molecule has 0 spiro atoms. The molecule has 1 aliphatic rings. The van der Waals surface area contributed by atoms with Crippen LogP contribution in [0.1, 0.15) is 30.1 Å². The second-order valence-corrected chi connectivity index (χ2v) is 6.79. The van der Waals surface area contributed by atoms with Crippen molar-refractivity contribution in [1.82, 2.24) is 5.32 Å². The van der Waals surface area contributed by atoms with Crippen LogP contribution in [-0.4, -0.2) is 17.9 Å². The lowest BCUT2D eigenvalue weighted by atomic mass is 10.1. The van der Waals surface area contributed by atoms with Crippen LogP contribution in [0.15, 0.2) is 54.6 Å². The van der Waals surface area contributed by atoms with Gasteiger partial charge in [0, 0.05) is 33.3 Å². The number of hydrogen-bond donors (Lipinski definition) is 1. The molecule has 134 valence electrons. The van der Waals surface area contributed by atoms with Crippen LogP contribution in [-0.2, 0) is 14.3 Å². The molecule has 2 aromatic carbocycles. The predicted octanol–water partition coefficient (Wildman–Crippen LogP) is 4.57. The number of esters is 1. The lowest BCUT2D eigenvalue weighted by Crippen LogP contribution is -2.33. The standard InChI is InChI=1S/C20H17Cl2NO3/c21-16-7-4-8-17(22)15(16)11-12-18(24)26-19(13-5-2-1-3-6-13)20(25)23-14-9-10-14/h1-8,11-12,14,19H,9-10H2,(H,23,25)/b12-11+/t19-/m0/s1. The van der Waals surface area contributed by atoms with Crippen LogP contribution in [0.2, 0.25) is 10.0 Å². The van der Waals surface area contributed by atoms with Crippen LogP contribution in [0.4, 0.5) is 0 Å². The molecule has 3 rings (SSSR count). The molecule has 2 aromatic rings. The van der Waals surface area contributed by atoms with Gasteiger partial charge in [0.05, 0.1) is 0 Å². The van der Waals surface area contributed by atoms with Gasteiger partial charge in [-0.25, -0.2) is 4.79 Å². The Morgan fingerprint density at radius 3 is 2.31 bits per heavy atom. The van der Waals surface area contributed by atoms with Crippen molar-refractivity contribution in [3.63, 3.8) is 0 Å². The fourth-order valence-electron chi connectivity index (χ4n) is 2.38. The van der Waals surface area contributed by atoms with E-state index in [0.29, 0.717) is 21.2 Å². The first-order valence-electron chi connectivity index (χ1n) is 8.22. The summed E-state index contributed by atoms with van der Waals surface area (Å²) in [4.78, 5) is 24.7. The summed E-state index contributed by atoms with van der Waals surface area (Å²) >= 11 is 12.2. The molecule has 6 heteroatoms. The van der Waals surface area contributed by atoms with E-state index in [1.54, 1.807) is 42.5 Å². The van der Waals surface area contributed by atoms with Crippen molar-refractivity contribution in [2.75, 3.05) is 0 Å². The second kappa shape index (κ2) is 8.39. The summed E-state index contributed by atoms with van der Waals surface area (Å²) in [6.45, 7) is 0. The van der Waals surface area contributed by atoms with E-state index >= 15 is 0 Å². The SMILES string of the molecule is O=C(/C=C/c1c(Cl)cccc1Cl)O[C@H](C(=O)NC1CC1)c1ccccc1. The number of rotatable bonds is 6. The Morgan fingerprint density at radius 2 is 1.69 bits per heavy atom. The third-order valence-corrected chi connectivity index (χ3v) is 4.54. The number of carbonyl (C=O) groups excluding carboxylic acids is 2. The van der Waals surface area contributed by atoms with Crippen LogP contribution in [0, 0.1) is 0 Å². The minimum Gasteiger partial charge on any atom is -0.444 e. The first kappa shape index (κ1) is 18.5. The number of halogens is 2. The van der Waals surface area contributed by atoms with Gasteiger partial charge in [0.2, 0.25) is 6.10 Å². The number of carbonyl (C=O) groups is 2. The van der Waals surface area contributed by atoms with Gasteiger partial charge in [0.15, 0.2) is 0 Å². The van der Waals surface area contributed by atoms with Crippen LogP contribution in [0.5, 0.6) is 0 Å². The summed E-state index contributed by atoms with van der Waals surface area (Å²) in [6.07, 6.45) is 3.59. The zero-order valence-electron chi connectivity index (χ0n) is 13.8. The van der Waals surface area contributed by atoms with E-state index in [1.165, 1.54) is 12.2 Å². The fraction of sp³-hybridized carbons (Fsp3) is 0.200. The highest BCUT2D eigenvalue weighted by Crippen LogP contribution is 2.26. The zero-order valence-corrected chi connectivity index (χ0v) is 15.3. The topological polar surface area (TPSA) is 55.4 Å². The number of amides is 1. The summed E-state index contributed by atoms with van der Waals surface area (Å²) in [5, 5.41) is 3.71. The summed E-state index contributed by atoms with van der Waals surface area (Å²) in [6, 6.07) is 14.2. The average Bonchev–Trinajstić information content (AvgIpc) is 3.44. The number of ether oxygens (including phenoxy) is 1. The van der Waals surface area contributed by atoms with E-state index in [0.717, 1.165) is 12.8 Å². The van der Waals surface area contributed by atoms with Gasteiger partial charge in [0.1, 0.15) is 0 Å². The van der Waals surface area contributed by atoms with E-state index in [1.807, 2.05) is 6.07 Å². The predicted molar refractivity (Wildman–Crippen MR) is 102 cm³/mol. The highest BCUT2D eigenvalue weighted by atomic mass is 35.5. The smallest absolute Gasteiger partial charge is 0.331 e. The molecule has 1 amide bonds. The third kappa shape index (κ3) is 4.87. The Labute approximate surface area is 161 Å². The first-order valence-corrected chi connectivity index (χ1v) is 8.98. The van der Waals surface area contributed by atoms with Gasteiger partial charge in [-0.05, 0) is 31.1 Å². The summed E-state index contributed by atoms with van der Waals surface area (Å²) in [5.41, 5.74) is 1.13. The maximum Gasteiger partial charge on any atom is 0.331 e. The lowest BCUT2D eigenvalue weighted by molar-refractivity contribution is -0.151. The highest BCUT2D eigenvalue weighted by molar-refractivity contribution is 6.37. The molecule has 0 radical (unpaired) electrons. The van der Waals surface area contributed by atoms with Crippen molar-refractivity contribution in [3.8, 4) is 0 Å². The molecule has 26 heavy (non-hydrogen) atoms. The van der Waals surface area contributed by atoms with Gasteiger partial charge in [-0.1, -0.05) is 59.6 Å². The van der Waals surface area contributed by atoms with Gasteiger partial charge in [0.25, 0.3) is 5.91 Å². The average molecular weight is 390 g/mol. The van der Waals surface area contributed by atoms with E-state index in [-0.39, 0.29) is 11.9 Å². The normalized spacial score (nSPS) is 14.8. The first-order chi connectivity index (χ1) is 12.5. The van der Waals surface area contributed by atoms with Crippen molar-refractivity contribution in [3.05, 3.63) is 75.8 Å². The van der Waals surface area contributed by atoms with Gasteiger partial charge in [-0.3, -0.25) is 4.79 Å². The summed E-state index contributed by atoms with van der Waals surface area (Å²) in [5.74, 6) is -0.975. The number of nitrogens with one attached hydrogen (secondary N) is 1. The Bertz CT molecular complexity index is 812. The molecule has 0 bridgehead atoms. The van der Waals surface area contributed by atoms with Crippen molar-refractivity contribution in [2.24, 2.45) is 0 Å². The molecular weight excluding hydrogens is 373 g/mol. The minimum absolute atomic E-state index is 0.171. The quantitative estimate of drug-likeness (QED) is 0.581. The summed E-state index contributed by atoms with van der Waals surface area (Å²) in [7, 11) is 0. The number of benzene rings is 2. The second-order valence-electron chi connectivity index (χ2n) is 5.98. The monoisotopic (exact) mass is 389 g/mol. The molecule has 4 nitrogen and oxygen atoms in total. The molecule has 0 saturated heterocycles. The van der Waals surface area contributed by atoms with Crippen LogP contribution in [0.25, 0.3) is 6.08 Å². The van der Waals surface area contributed by atoms with Gasteiger partial charge < -0.3 is 10.1 Å². The maximum absolute atomic E-state index is 12.5. The molecular formula is C20H17Cl2NO3. The summed E-state index contributed by atoms with van der Waals surface area (Å²) < 4.78 is 5.40. The van der Waals surface area contributed by atoms with Crippen LogP contribution < -0.4 is 5.32 Å². The Hall–Kier alpha value is -2.30. The largest absolute Gasteiger partial charge is 0.444 e. The van der Waals surface area contributed by atoms with E-state index < -0.39 is 12.1 Å². The molecule has 0 aliphatic heterocycles. The van der Waals surface area contributed by atoms with E-state index in [2.05, 4.69) is 5.32 Å². The van der Waals surface area contributed by atoms with Gasteiger partial charge in [-0.2, -0.15) is 0 Å². The fourth-order valence-corrected chi connectivity index (χ4v) is 2.91. The molecule has 1 atom stereocenters. The van der Waals surface area contributed by atoms with Gasteiger partial charge >= 0.3 is 5.97 Å². The van der Waals surface area contributed by atoms with Gasteiger partial charge in [-0.15, -0.1) is 0 Å². The van der Waals surface area contributed by atoms with Crippen molar-refractivity contribution in [2.45, 2.75) is 25.0 Å². The molecule has 1 fully saturated rings. The van der Waals surface area contributed by atoms with E-state index in [4.69, 9.17) is 27.9 Å². The highest BCUT2D eigenvalue weighted by Gasteiger charge is 2.30. The molecule has 0 heterocycles. The minimum atomic E-state index is -1.00. The van der Waals surface area contributed by atoms with Crippen molar-refractivity contribution in [1.29, 1.82) is 0 Å². The Balaban J connectivity index is 1.74. The number of hydrogen-bond acceptors (Lipinski definition) is 3. The lowest BCUT2D eigenvalue weighted by Gasteiger charge is -2.17. The van der Waals surface area contributed by atoms with Crippen LogP contribution in [0.3, 0.4) is 0 Å². The Kier molecular flexibility index (Phi) is 5.96. The van der Waals surface area contributed by atoms with Crippen molar-refractivity contribution >= 4 is 41.2 Å². The third-order valence-electron chi connectivity index (χ3n) is 3.88. The molecule has 0 aromatic heterocycles. The Morgan fingerprint density at radius 1 is 1.04 bits per heavy atom. The maximum atomic E-state index is 12.5. The molecule has 1 N–H and O–H groups in total. The molecule has 0 unspecified atom stereocenters. The molecule has 1 saturated carbocycles. The zero-order chi connectivity index (χ0) is 18.5. The van der Waals surface area contributed by atoms with E-state index in [9.17, 15) is 9.59 Å². The van der Waals surface area contributed by atoms with Crippen molar-refractivity contribution < 1.29 is 14.3 Å².